The van der Waals surface area contributed by atoms with Gasteiger partial charge in [-0.15, -0.1) is 0 Å². The van der Waals surface area contributed by atoms with E-state index in [9.17, 15) is 0 Å². The maximum absolute atomic E-state index is 5.52. The van der Waals surface area contributed by atoms with Crippen molar-refractivity contribution >= 4 is 28.5 Å². The third-order valence-electron chi connectivity index (χ3n) is 1.70. The third-order valence-corrected chi connectivity index (χ3v) is 2.49. The first-order valence-electron chi connectivity index (χ1n) is 3.96. The second kappa shape index (κ2) is 3.87. The number of hydrogen-bond acceptors (Lipinski definition) is 4. The molecular formula is C9H7IN4. The number of aromatic nitrogens is 3. The van der Waals surface area contributed by atoms with Crippen molar-refractivity contribution in [3.05, 3.63) is 34.3 Å². The smallest absolute Gasteiger partial charge is 0.220 e. The van der Waals surface area contributed by atoms with Crippen molar-refractivity contribution in [2.45, 2.75) is 0 Å². The topological polar surface area (TPSA) is 64.7 Å². The Hall–Kier alpha value is -1.24. The van der Waals surface area contributed by atoms with Gasteiger partial charge in [0.1, 0.15) is 0 Å². The molecular weight excluding hydrogens is 291 g/mol. The van der Waals surface area contributed by atoms with E-state index in [2.05, 4.69) is 37.5 Å². The van der Waals surface area contributed by atoms with E-state index in [0.29, 0.717) is 0 Å². The monoisotopic (exact) mass is 298 g/mol. The number of rotatable bonds is 1. The summed E-state index contributed by atoms with van der Waals surface area (Å²) in [6.07, 6.45) is 5.18. The summed E-state index contributed by atoms with van der Waals surface area (Å²) in [6.45, 7) is 0. The van der Waals surface area contributed by atoms with E-state index < -0.39 is 0 Å². The van der Waals surface area contributed by atoms with Crippen LogP contribution in [0.15, 0.2) is 30.7 Å². The molecule has 70 valence electrons. The van der Waals surface area contributed by atoms with E-state index in [4.69, 9.17) is 5.73 Å². The van der Waals surface area contributed by atoms with Crippen LogP contribution in [-0.4, -0.2) is 15.0 Å². The molecule has 0 saturated heterocycles. The van der Waals surface area contributed by atoms with Gasteiger partial charge in [-0.05, 0) is 34.7 Å². The maximum Gasteiger partial charge on any atom is 0.220 e. The van der Waals surface area contributed by atoms with Crippen molar-refractivity contribution in [3.8, 4) is 11.3 Å². The second-order valence-electron chi connectivity index (χ2n) is 2.67. The van der Waals surface area contributed by atoms with E-state index in [-0.39, 0.29) is 5.95 Å². The molecule has 0 aliphatic carbocycles. The van der Waals surface area contributed by atoms with Crippen LogP contribution in [-0.2, 0) is 0 Å². The summed E-state index contributed by atoms with van der Waals surface area (Å²) in [5, 5.41) is 0. The minimum Gasteiger partial charge on any atom is -0.368 e. The van der Waals surface area contributed by atoms with Crippen molar-refractivity contribution in [1.29, 1.82) is 0 Å². The van der Waals surface area contributed by atoms with Gasteiger partial charge in [-0.1, -0.05) is 0 Å². The van der Waals surface area contributed by atoms with Crippen LogP contribution in [0.4, 0.5) is 5.95 Å². The van der Waals surface area contributed by atoms with Crippen molar-refractivity contribution in [2.75, 3.05) is 5.73 Å². The summed E-state index contributed by atoms with van der Waals surface area (Å²) in [7, 11) is 0. The molecule has 0 aromatic carbocycles. The lowest BCUT2D eigenvalue weighted by Crippen LogP contribution is -1.98. The largest absolute Gasteiger partial charge is 0.368 e. The van der Waals surface area contributed by atoms with Gasteiger partial charge in [0, 0.05) is 24.2 Å². The highest BCUT2D eigenvalue weighted by Gasteiger charge is 2.05. The van der Waals surface area contributed by atoms with Gasteiger partial charge in [-0.25, -0.2) is 9.97 Å². The minimum atomic E-state index is 0.282. The Morgan fingerprint density at radius 1 is 1.29 bits per heavy atom. The van der Waals surface area contributed by atoms with Crippen LogP contribution in [0, 0.1) is 3.57 Å². The highest BCUT2D eigenvalue weighted by molar-refractivity contribution is 14.1. The summed E-state index contributed by atoms with van der Waals surface area (Å²) < 4.78 is 0.963. The first-order valence-corrected chi connectivity index (χ1v) is 5.03. The third kappa shape index (κ3) is 1.82. The normalized spacial score (nSPS) is 10.1. The summed E-state index contributed by atoms with van der Waals surface area (Å²) in [4.78, 5) is 12.1. The molecule has 0 atom stereocenters. The number of anilines is 1. The fraction of sp³-hybridized carbons (Fsp3) is 0. The lowest BCUT2D eigenvalue weighted by Gasteiger charge is -2.02. The lowest BCUT2D eigenvalue weighted by molar-refractivity contribution is 1.17. The molecule has 0 aliphatic heterocycles. The number of nitrogen functional groups attached to an aromatic ring is 1. The summed E-state index contributed by atoms with van der Waals surface area (Å²) in [6, 6.07) is 3.81. The van der Waals surface area contributed by atoms with E-state index in [1.807, 2.05) is 12.1 Å². The van der Waals surface area contributed by atoms with Gasteiger partial charge >= 0.3 is 0 Å². The molecule has 0 unspecified atom stereocenters. The van der Waals surface area contributed by atoms with Crippen LogP contribution in [0.25, 0.3) is 11.3 Å². The molecule has 5 heteroatoms. The Morgan fingerprint density at radius 2 is 2.14 bits per heavy atom. The summed E-state index contributed by atoms with van der Waals surface area (Å²) in [5.74, 6) is 0.282. The highest BCUT2D eigenvalue weighted by Crippen LogP contribution is 2.21. The molecule has 2 heterocycles. The molecule has 0 bridgehead atoms. The van der Waals surface area contributed by atoms with Gasteiger partial charge < -0.3 is 5.73 Å². The molecule has 14 heavy (non-hydrogen) atoms. The summed E-state index contributed by atoms with van der Waals surface area (Å²) in [5.41, 5.74) is 7.29. The zero-order valence-corrected chi connectivity index (χ0v) is 9.34. The minimum absolute atomic E-state index is 0.282. The van der Waals surface area contributed by atoms with Gasteiger partial charge in [-0.2, -0.15) is 0 Å². The van der Waals surface area contributed by atoms with Gasteiger partial charge in [0.2, 0.25) is 5.95 Å². The Balaban J connectivity index is 2.57. The lowest BCUT2D eigenvalue weighted by atomic mass is 10.2. The van der Waals surface area contributed by atoms with E-state index in [1.54, 1.807) is 18.6 Å². The number of pyridine rings is 1. The molecule has 2 N–H and O–H groups in total. The van der Waals surface area contributed by atoms with E-state index >= 15 is 0 Å². The fourth-order valence-corrected chi connectivity index (χ4v) is 1.66. The molecule has 0 aliphatic rings. The van der Waals surface area contributed by atoms with Crippen molar-refractivity contribution < 1.29 is 0 Å². The molecule has 4 nitrogen and oxygen atoms in total. The van der Waals surface area contributed by atoms with Crippen molar-refractivity contribution in [1.82, 2.24) is 15.0 Å². The van der Waals surface area contributed by atoms with E-state index in [0.717, 1.165) is 14.8 Å². The van der Waals surface area contributed by atoms with Crippen LogP contribution in [0.1, 0.15) is 0 Å². The van der Waals surface area contributed by atoms with Crippen LogP contribution in [0.3, 0.4) is 0 Å². The zero-order valence-electron chi connectivity index (χ0n) is 7.18. The first kappa shape index (κ1) is 9.32. The SMILES string of the molecule is Nc1ncc(I)c(-c2cccnc2)n1. The average molecular weight is 298 g/mol. The molecule has 2 rings (SSSR count). The van der Waals surface area contributed by atoms with Gasteiger partial charge in [0.25, 0.3) is 0 Å². The Morgan fingerprint density at radius 3 is 2.86 bits per heavy atom. The van der Waals surface area contributed by atoms with Gasteiger partial charge in [-0.3, -0.25) is 4.98 Å². The Labute approximate surface area is 94.7 Å². The number of nitrogens with zero attached hydrogens (tertiary/aromatic N) is 3. The molecule has 0 radical (unpaired) electrons. The number of halogens is 1. The maximum atomic E-state index is 5.52. The molecule has 0 spiro atoms. The number of nitrogens with two attached hydrogens (primary N) is 1. The van der Waals surface area contributed by atoms with Crippen LogP contribution in [0.2, 0.25) is 0 Å². The fourth-order valence-electron chi connectivity index (χ4n) is 1.09. The van der Waals surface area contributed by atoms with Crippen LogP contribution >= 0.6 is 22.6 Å². The van der Waals surface area contributed by atoms with Crippen molar-refractivity contribution in [2.24, 2.45) is 0 Å². The molecule has 2 aromatic heterocycles. The summed E-state index contributed by atoms with van der Waals surface area (Å²) >= 11 is 2.17. The second-order valence-corrected chi connectivity index (χ2v) is 3.83. The molecule has 0 amide bonds. The standard InChI is InChI=1S/C9H7IN4/c10-7-5-13-9(11)14-8(7)6-2-1-3-12-4-6/h1-5H,(H2,11,13,14). The predicted molar refractivity (Wildman–Crippen MR) is 62.4 cm³/mol. The van der Waals surface area contributed by atoms with Crippen LogP contribution < -0.4 is 5.73 Å². The molecule has 0 fully saturated rings. The van der Waals surface area contributed by atoms with Gasteiger partial charge in [0.05, 0.1) is 9.26 Å². The zero-order chi connectivity index (χ0) is 9.97. The quantitative estimate of drug-likeness (QED) is 0.814. The Bertz CT molecular complexity index is 444. The van der Waals surface area contributed by atoms with Crippen molar-refractivity contribution in [3.63, 3.8) is 0 Å². The van der Waals surface area contributed by atoms with Gasteiger partial charge in [0.15, 0.2) is 0 Å². The highest BCUT2D eigenvalue weighted by atomic mass is 127. The predicted octanol–water partition coefficient (Wildman–Crippen LogP) is 1.73. The first-order chi connectivity index (χ1) is 6.77. The molecule has 0 saturated carbocycles. The van der Waals surface area contributed by atoms with Crippen LogP contribution in [0.5, 0.6) is 0 Å². The van der Waals surface area contributed by atoms with E-state index in [1.165, 1.54) is 0 Å². The Kier molecular flexibility index (Phi) is 2.58. The number of hydrogen-bond donors (Lipinski definition) is 1. The average Bonchev–Trinajstić information content (AvgIpc) is 2.23. The molecule has 2 aromatic rings.